The van der Waals surface area contributed by atoms with E-state index in [1.165, 1.54) is 12.8 Å². The fourth-order valence-corrected chi connectivity index (χ4v) is 4.05. The number of rotatable bonds is 21. The quantitative estimate of drug-likeness (QED) is 0.0489. The highest BCUT2D eigenvalue weighted by Gasteiger charge is 2.35. The van der Waals surface area contributed by atoms with Gasteiger partial charge in [0.2, 0.25) is 0 Å². The second-order valence-corrected chi connectivity index (χ2v) is 11.9. The molecule has 49 heavy (non-hydrogen) atoms. The lowest BCUT2D eigenvalue weighted by Gasteiger charge is -2.34. The van der Waals surface area contributed by atoms with Crippen LogP contribution in [0.3, 0.4) is 0 Å². The van der Waals surface area contributed by atoms with Gasteiger partial charge in [0.25, 0.3) is 0 Å². The van der Waals surface area contributed by atoms with Crippen molar-refractivity contribution in [1.29, 1.82) is 0 Å². The van der Waals surface area contributed by atoms with Crippen LogP contribution in [0, 0.1) is 17.8 Å². The minimum absolute atomic E-state index is 0.0256. The summed E-state index contributed by atoms with van der Waals surface area (Å²) in [5.74, 6) is 1.86. The molecule has 2 fully saturated rings. The van der Waals surface area contributed by atoms with Gasteiger partial charge in [0.1, 0.15) is 12.2 Å². The monoisotopic (exact) mass is 721 g/mol. The number of nitrogens with one attached hydrogen (secondary N) is 3. The van der Waals surface area contributed by atoms with Crippen LogP contribution >= 0.6 is 0 Å². The highest BCUT2D eigenvalue weighted by Crippen LogP contribution is 2.31. The van der Waals surface area contributed by atoms with Crippen molar-refractivity contribution in [3.8, 4) is 0 Å². The lowest BCUT2D eigenvalue weighted by molar-refractivity contribution is -0.0934. The van der Waals surface area contributed by atoms with Gasteiger partial charge in [-0.1, -0.05) is 13.8 Å². The van der Waals surface area contributed by atoms with E-state index in [-0.39, 0.29) is 58.0 Å². The van der Waals surface area contributed by atoms with Gasteiger partial charge in [-0.05, 0) is 37.8 Å². The van der Waals surface area contributed by atoms with Gasteiger partial charge in [-0.3, -0.25) is 0 Å². The Labute approximate surface area is 293 Å². The number of ether oxygens (including phenoxy) is 2. The van der Waals surface area contributed by atoms with Gasteiger partial charge in [0.05, 0.1) is 44.2 Å². The molecule has 1 saturated carbocycles. The van der Waals surface area contributed by atoms with E-state index in [0.29, 0.717) is 58.3 Å². The maximum Gasteiger partial charge on any atom is 0.160 e. The van der Waals surface area contributed by atoms with E-state index < -0.39 is 24.4 Å². The zero-order valence-corrected chi connectivity index (χ0v) is 30.0. The molecule has 2 rings (SSSR count). The van der Waals surface area contributed by atoms with Crippen molar-refractivity contribution in [3.05, 3.63) is 0 Å². The lowest BCUT2D eigenvalue weighted by atomic mass is 9.74. The summed E-state index contributed by atoms with van der Waals surface area (Å²) in [6.07, 6.45) is -0.284. The topological polar surface area (TPSA) is 378 Å². The van der Waals surface area contributed by atoms with Gasteiger partial charge in [-0.2, -0.15) is 0 Å². The third-order valence-electron chi connectivity index (χ3n) is 7.43. The Hall–Kier alpha value is -0.760. The minimum atomic E-state index is -0.875. The zero-order valence-electron chi connectivity index (χ0n) is 30.0. The Morgan fingerprint density at radius 3 is 1.12 bits per heavy atom. The van der Waals surface area contributed by atoms with E-state index >= 15 is 0 Å². The molecule has 0 aromatic rings. The molecule has 24 N–H and O–H groups in total. The Kier molecular flexibility index (Phi) is 39.7. The Balaban J connectivity index is -0.000000546. The molecule has 0 radical (unpaired) electrons. The summed E-state index contributed by atoms with van der Waals surface area (Å²) in [6.45, 7) is 10.2. The molecule has 7 atom stereocenters. The highest BCUT2D eigenvalue weighted by atomic mass is 16.7. The molecule has 300 valence electrons. The van der Waals surface area contributed by atoms with Crippen molar-refractivity contribution < 1.29 is 45.2 Å². The Morgan fingerprint density at radius 2 is 0.898 bits per heavy atom. The van der Waals surface area contributed by atoms with E-state index in [1.807, 2.05) is 0 Å². The smallest absolute Gasteiger partial charge is 0.160 e. The largest absolute Gasteiger partial charge is 0.395 e. The van der Waals surface area contributed by atoms with Gasteiger partial charge in [-0.25, -0.2) is 0 Å². The van der Waals surface area contributed by atoms with E-state index in [4.69, 9.17) is 80.2 Å². The second-order valence-electron chi connectivity index (χ2n) is 11.9. The SMILES string of the molecule is CC(C)C1OC(CN)C(CN)O1.NCC(O)C(O)CN.NCC(O)CNCCO.NCC1CCC1CN.OCCNCC(O)CNCCO. The highest BCUT2D eigenvalue weighted by molar-refractivity contribution is 4.81. The zero-order chi connectivity index (χ0) is 38.0. The van der Waals surface area contributed by atoms with E-state index in [0.717, 1.165) is 24.9 Å². The fourth-order valence-electron chi connectivity index (χ4n) is 4.05. The average molecular weight is 721 g/mol. The lowest BCUT2D eigenvalue weighted by Crippen LogP contribution is -2.38. The van der Waals surface area contributed by atoms with Crippen LogP contribution in [-0.4, -0.2) is 184 Å². The number of nitrogens with two attached hydrogens (primary N) is 7. The van der Waals surface area contributed by atoms with Gasteiger partial charge in [-0.15, -0.1) is 0 Å². The van der Waals surface area contributed by atoms with Crippen LogP contribution in [0.1, 0.15) is 26.7 Å². The van der Waals surface area contributed by atoms with Crippen LogP contribution in [0.5, 0.6) is 0 Å². The normalized spacial score (nSPS) is 23.0. The second kappa shape index (κ2) is 37.0. The molecule has 1 aliphatic heterocycles. The first-order valence-corrected chi connectivity index (χ1v) is 17.3. The molecule has 1 heterocycles. The van der Waals surface area contributed by atoms with E-state index in [9.17, 15) is 5.11 Å². The third kappa shape index (κ3) is 29.5. The molecule has 0 aromatic carbocycles. The fraction of sp³-hybridized carbons (Fsp3) is 1.00. The molecule has 7 unspecified atom stereocenters. The molecule has 0 amide bonds. The standard InChI is InChI=1S/C8H18N2O2.C7H18N2O3.C6H14N2.C5H14N2O2.C4H12N2O2/c1-5(2)8-11-6(3-9)7(4-10)12-8;10-3-1-8-5-7(12)6-9-2-4-11;7-3-5-1-2-6(5)4-8;6-3-5(9)4-7-1-2-8;5-1-3(7)4(8)2-6/h5-8H,3-4,9-10H2,1-2H3;7-12H,1-6H2;5-6H,1-4,7-8H2;5,7-9H,1-4,6H2;3-4,7-8H,1-2,5-6H2. The van der Waals surface area contributed by atoms with Crippen LogP contribution in [0.25, 0.3) is 0 Å². The van der Waals surface area contributed by atoms with Crippen molar-refractivity contribution in [2.24, 2.45) is 57.9 Å². The van der Waals surface area contributed by atoms with Crippen LogP contribution < -0.4 is 56.1 Å². The Morgan fingerprint density at radius 1 is 0.551 bits per heavy atom. The van der Waals surface area contributed by atoms with Crippen molar-refractivity contribution >= 4 is 0 Å². The summed E-state index contributed by atoms with van der Waals surface area (Å²) in [6, 6.07) is 0. The summed E-state index contributed by atoms with van der Waals surface area (Å²) in [7, 11) is 0. The summed E-state index contributed by atoms with van der Waals surface area (Å²) in [5.41, 5.74) is 37.0. The van der Waals surface area contributed by atoms with Crippen molar-refractivity contribution in [2.45, 2.75) is 69.6 Å². The van der Waals surface area contributed by atoms with Crippen LogP contribution in [0.15, 0.2) is 0 Å². The predicted molar refractivity (Wildman–Crippen MR) is 192 cm³/mol. The average Bonchev–Trinajstić information content (AvgIpc) is 3.53. The van der Waals surface area contributed by atoms with Gasteiger partial charge >= 0.3 is 0 Å². The first-order valence-electron chi connectivity index (χ1n) is 17.3. The summed E-state index contributed by atoms with van der Waals surface area (Å²) < 4.78 is 11.1. The summed E-state index contributed by atoms with van der Waals surface area (Å²) >= 11 is 0. The number of hydrogen-bond acceptors (Lipinski definition) is 19. The summed E-state index contributed by atoms with van der Waals surface area (Å²) in [4.78, 5) is 0. The van der Waals surface area contributed by atoms with E-state index in [1.54, 1.807) is 0 Å². The van der Waals surface area contributed by atoms with Crippen molar-refractivity contribution in [2.75, 3.05) is 105 Å². The number of aliphatic hydroxyl groups excluding tert-OH is 7. The van der Waals surface area contributed by atoms with E-state index in [2.05, 4.69) is 29.8 Å². The van der Waals surface area contributed by atoms with Gasteiger partial charge < -0.3 is 101 Å². The molecular formula is C30H76N10O9. The van der Waals surface area contributed by atoms with Crippen LogP contribution in [0.2, 0.25) is 0 Å². The van der Waals surface area contributed by atoms with Gasteiger partial charge in [0.15, 0.2) is 6.29 Å². The molecule has 0 bridgehead atoms. The van der Waals surface area contributed by atoms with Gasteiger partial charge in [0, 0.05) is 77.9 Å². The molecule has 0 spiro atoms. The number of hydrogen-bond donors (Lipinski definition) is 17. The first kappa shape index (κ1) is 52.6. The molecular weight excluding hydrogens is 644 g/mol. The number of aliphatic hydroxyl groups is 7. The van der Waals surface area contributed by atoms with Crippen LogP contribution in [-0.2, 0) is 9.47 Å². The molecule has 0 aromatic heterocycles. The maximum absolute atomic E-state index is 9.21. The Bertz CT molecular complexity index is 618. The molecule has 1 aliphatic carbocycles. The molecule has 2 aliphatic rings. The third-order valence-corrected chi connectivity index (χ3v) is 7.43. The first-order chi connectivity index (χ1) is 23.4. The maximum atomic E-state index is 9.21. The van der Waals surface area contributed by atoms with Crippen molar-refractivity contribution in [1.82, 2.24) is 16.0 Å². The summed E-state index contributed by atoms with van der Waals surface area (Å²) in [5, 5.41) is 69.0. The molecule has 19 heteroatoms. The molecule has 1 saturated heterocycles. The molecule has 19 nitrogen and oxygen atoms in total. The minimum Gasteiger partial charge on any atom is -0.395 e. The van der Waals surface area contributed by atoms with Crippen molar-refractivity contribution in [3.63, 3.8) is 0 Å². The van der Waals surface area contributed by atoms with Crippen LogP contribution in [0.4, 0.5) is 0 Å². The predicted octanol–water partition coefficient (Wildman–Crippen LogP) is -7.38.